The molecule has 0 aromatic heterocycles. The molecule has 0 unspecified atom stereocenters. The summed E-state index contributed by atoms with van der Waals surface area (Å²) in [6, 6.07) is 13.1. The van der Waals surface area contributed by atoms with E-state index in [2.05, 4.69) is 12.2 Å². The van der Waals surface area contributed by atoms with E-state index >= 15 is 0 Å². The van der Waals surface area contributed by atoms with Gasteiger partial charge in [0.2, 0.25) is 0 Å². The number of urea groups is 1. The van der Waals surface area contributed by atoms with Crippen LogP contribution in [0.25, 0.3) is 0 Å². The van der Waals surface area contributed by atoms with Crippen molar-refractivity contribution >= 4 is 17.4 Å². The maximum absolute atomic E-state index is 12.9. The van der Waals surface area contributed by atoms with Crippen LogP contribution in [0.4, 0.5) is 16.2 Å². The van der Waals surface area contributed by atoms with Gasteiger partial charge in [0.1, 0.15) is 17.6 Å². The number of aryl methyl sites for hydroxylation is 1. The summed E-state index contributed by atoms with van der Waals surface area (Å²) in [7, 11) is 1.59. The first-order valence-corrected chi connectivity index (χ1v) is 8.11. The van der Waals surface area contributed by atoms with E-state index in [0.717, 1.165) is 23.4 Å². The molecule has 0 saturated heterocycles. The quantitative estimate of drug-likeness (QED) is 0.919. The maximum atomic E-state index is 12.9. The van der Waals surface area contributed by atoms with Crippen LogP contribution < -0.4 is 19.7 Å². The minimum atomic E-state index is -0.187. The zero-order valence-electron chi connectivity index (χ0n) is 14.2. The normalized spacial score (nSPS) is 16.1. The van der Waals surface area contributed by atoms with E-state index in [0.29, 0.717) is 18.0 Å². The van der Waals surface area contributed by atoms with Crippen molar-refractivity contribution in [1.29, 1.82) is 0 Å². The Bertz CT molecular complexity index is 745. The number of carbonyl (C=O) groups excluding carboxylic acids is 1. The number of nitrogens with one attached hydrogen (secondary N) is 1. The molecule has 5 nitrogen and oxygen atoms in total. The average Bonchev–Trinajstić information content (AvgIpc) is 2.61. The third kappa shape index (κ3) is 3.15. The van der Waals surface area contributed by atoms with E-state index in [1.807, 2.05) is 49.4 Å². The molecule has 0 fully saturated rings. The summed E-state index contributed by atoms with van der Waals surface area (Å²) < 4.78 is 11.3. The summed E-state index contributed by atoms with van der Waals surface area (Å²) in [5.41, 5.74) is 2.54. The minimum Gasteiger partial charge on any atom is -0.495 e. The first-order valence-electron chi connectivity index (χ1n) is 8.11. The number of hydrogen-bond acceptors (Lipinski definition) is 3. The van der Waals surface area contributed by atoms with Crippen molar-refractivity contribution in [3.05, 3.63) is 48.0 Å². The van der Waals surface area contributed by atoms with Crippen LogP contribution in [0.1, 0.15) is 18.9 Å². The Morgan fingerprint density at radius 2 is 2.12 bits per heavy atom. The summed E-state index contributed by atoms with van der Waals surface area (Å²) in [5.74, 6) is 1.38. The smallest absolute Gasteiger partial charge is 0.326 e. The van der Waals surface area contributed by atoms with Gasteiger partial charge >= 0.3 is 6.03 Å². The lowest BCUT2D eigenvalue weighted by molar-refractivity contribution is 0.188. The summed E-state index contributed by atoms with van der Waals surface area (Å²) in [4.78, 5) is 14.6. The van der Waals surface area contributed by atoms with Crippen molar-refractivity contribution in [2.75, 3.05) is 23.9 Å². The highest BCUT2D eigenvalue weighted by Crippen LogP contribution is 2.35. The lowest BCUT2D eigenvalue weighted by Crippen LogP contribution is -2.45. The molecule has 1 aliphatic heterocycles. The van der Waals surface area contributed by atoms with Gasteiger partial charge in [0.25, 0.3) is 0 Å². The number of benzene rings is 2. The second-order valence-corrected chi connectivity index (χ2v) is 5.86. The van der Waals surface area contributed by atoms with Gasteiger partial charge in [0.15, 0.2) is 0 Å². The van der Waals surface area contributed by atoms with E-state index in [1.165, 1.54) is 0 Å². The highest BCUT2D eigenvalue weighted by molar-refractivity contribution is 6.03. The van der Waals surface area contributed by atoms with Crippen molar-refractivity contribution in [2.24, 2.45) is 0 Å². The fourth-order valence-electron chi connectivity index (χ4n) is 2.79. The van der Waals surface area contributed by atoms with Gasteiger partial charge < -0.3 is 14.8 Å². The van der Waals surface area contributed by atoms with Crippen molar-refractivity contribution in [2.45, 2.75) is 26.4 Å². The monoisotopic (exact) mass is 326 g/mol. The molecule has 0 bridgehead atoms. The second-order valence-electron chi connectivity index (χ2n) is 5.86. The first-order chi connectivity index (χ1) is 11.6. The molecule has 1 atom stereocenters. The lowest BCUT2D eigenvalue weighted by atomic mass is 10.1. The third-order valence-electron chi connectivity index (χ3n) is 4.13. The number of fused-ring (bicyclic) bond motifs is 1. The molecule has 0 saturated carbocycles. The van der Waals surface area contributed by atoms with Crippen LogP contribution >= 0.6 is 0 Å². The van der Waals surface area contributed by atoms with Gasteiger partial charge in [0, 0.05) is 0 Å². The standard InChI is InChI=1S/C19H22N2O3/c1-4-14-12-21(16-11-13(2)9-10-18(16)24-14)19(22)20-15-7-5-6-8-17(15)23-3/h5-11,14H,4,12H2,1-3H3,(H,20,22)/t14-/m0/s1. The number of methoxy groups -OCH3 is 1. The SMILES string of the molecule is CC[C@H]1CN(C(=O)Nc2ccccc2OC)c2cc(C)ccc2O1. The van der Waals surface area contributed by atoms with Crippen LogP contribution in [0.3, 0.4) is 0 Å². The van der Waals surface area contributed by atoms with Crippen LogP contribution in [-0.4, -0.2) is 25.8 Å². The number of nitrogens with zero attached hydrogens (tertiary/aromatic N) is 1. The molecule has 2 aromatic carbocycles. The third-order valence-corrected chi connectivity index (χ3v) is 4.13. The molecule has 2 amide bonds. The Hall–Kier alpha value is -2.69. The van der Waals surface area contributed by atoms with Crippen molar-refractivity contribution in [3.8, 4) is 11.5 Å². The Morgan fingerprint density at radius 1 is 1.33 bits per heavy atom. The zero-order chi connectivity index (χ0) is 17.1. The van der Waals surface area contributed by atoms with Gasteiger partial charge in [-0.1, -0.05) is 25.1 Å². The summed E-state index contributed by atoms with van der Waals surface area (Å²) in [6.07, 6.45) is 0.829. The highest BCUT2D eigenvalue weighted by atomic mass is 16.5. The van der Waals surface area contributed by atoms with Crippen LogP contribution in [0.5, 0.6) is 11.5 Å². The van der Waals surface area contributed by atoms with Crippen LogP contribution in [-0.2, 0) is 0 Å². The highest BCUT2D eigenvalue weighted by Gasteiger charge is 2.29. The molecule has 1 heterocycles. The molecule has 2 aromatic rings. The second kappa shape index (κ2) is 6.83. The Kier molecular flexibility index (Phi) is 4.60. The summed E-state index contributed by atoms with van der Waals surface area (Å²) >= 11 is 0. The Morgan fingerprint density at radius 3 is 2.88 bits per heavy atom. The molecule has 24 heavy (non-hydrogen) atoms. The Labute approximate surface area is 142 Å². The largest absolute Gasteiger partial charge is 0.495 e. The summed E-state index contributed by atoms with van der Waals surface area (Å²) in [5, 5.41) is 2.94. The summed E-state index contributed by atoms with van der Waals surface area (Å²) in [6.45, 7) is 4.58. The number of rotatable bonds is 3. The zero-order valence-corrected chi connectivity index (χ0v) is 14.2. The number of carbonyl (C=O) groups is 1. The lowest BCUT2D eigenvalue weighted by Gasteiger charge is -2.34. The van der Waals surface area contributed by atoms with Crippen molar-refractivity contribution < 1.29 is 14.3 Å². The molecule has 5 heteroatoms. The average molecular weight is 326 g/mol. The van der Waals surface area contributed by atoms with E-state index in [-0.39, 0.29) is 12.1 Å². The Balaban J connectivity index is 1.90. The minimum absolute atomic E-state index is 0.0105. The first kappa shape index (κ1) is 16.2. The number of amides is 2. The molecular formula is C19H22N2O3. The van der Waals surface area contributed by atoms with E-state index in [1.54, 1.807) is 12.0 Å². The fraction of sp³-hybridized carbons (Fsp3) is 0.316. The molecule has 1 N–H and O–H groups in total. The molecule has 3 rings (SSSR count). The predicted octanol–water partition coefficient (Wildman–Crippen LogP) is 4.21. The van der Waals surface area contributed by atoms with Crippen molar-refractivity contribution in [3.63, 3.8) is 0 Å². The van der Waals surface area contributed by atoms with Gasteiger partial charge in [-0.25, -0.2) is 4.79 Å². The van der Waals surface area contributed by atoms with Gasteiger partial charge in [-0.3, -0.25) is 4.90 Å². The van der Waals surface area contributed by atoms with Gasteiger partial charge in [-0.2, -0.15) is 0 Å². The molecule has 1 aliphatic rings. The number of para-hydroxylation sites is 2. The van der Waals surface area contributed by atoms with E-state index < -0.39 is 0 Å². The van der Waals surface area contributed by atoms with Gasteiger partial charge in [-0.05, 0) is 43.2 Å². The van der Waals surface area contributed by atoms with E-state index in [9.17, 15) is 4.79 Å². The van der Waals surface area contributed by atoms with Crippen LogP contribution in [0, 0.1) is 6.92 Å². The van der Waals surface area contributed by atoms with Gasteiger partial charge in [0.05, 0.1) is 25.0 Å². The fourth-order valence-corrected chi connectivity index (χ4v) is 2.79. The molecule has 126 valence electrons. The van der Waals surface area contributed by atoms with Gasteiger partial charge in [-0.15, -0.1) is 0 Å². The molecular weight excluding hydrogens is 304 g/mol. The number of anilines is 2. The molecule has 0 aliphatic carbocycles. The molecule has 0 radical (unpaired) electrons. The maximum Gasteiger partial charge on any atom is 0.326 e. The number of hydrogen-bond donors (Lipinski definition) is 1. The van der Waals surface area contributed by atoms with E-state index in [4.69, 9.17) is 9.47 Å². The predicted molar refractivity (Wildman–Crippen MR) is 95.2 cm³/mol. The van der Waals surface area contributed by atoms with Crippen molar-refractivity contribution in [1.82, 2.24) is 0 Å². The number of ether oxygens (including phenoxy) is 2. The van der Waals surface area contributed by atoms with Crippen LogP contribution in [0.2, 0.25) is 0 Å². The topological polar surface area (TPSA) is 50.8 Å². The molecule has 0 spiro atoms. The van der Waals surface area contributed by atoms with Crippen LogP contribution in [0.15, 0.2) is 42.5 Å².